The maximum absolute atomic E-state index is 14.8. The number of hydrogen-bond acceptors (Lipinski definition) is 1. The van der Waals surface area contributed by atoms with Gasteiger partial charge in [-0.2, -0.15) is 0 Å². The van der Waals surface area contributed by atoms with E-state index < -0.39 is 11.6 Å². The topological polar surface area (TPSA) is 9.23 Å². The number of rotatable bonds is 5. The average Bonchev–Trinajstić information content (AvgIpc) is 2.77. The summed E-state index contributed by atoms with van der Waals surface area (Å²) in [5.74, 6) is -0.895. The van der Waals surface area contributed by atoms with E-state index in [0.717, 1.165) is 25.7 Å². The van der Waals surface area contributed by atoms with Crippen LogP contribution in [0.5, 0.6) is 5.75 Å². The third kappa shape index (κ3) is 4.38. The summed E-state index contributed by atoms with van der Waals surface area (Å²) >= 11 is 0. The molecule has 0 unspecified atom stereocenters. The Labute approximate surface area is 175 Å². The molecule has 0 spiro atoms. The van der Waals surface area contributed by atoms with Crippen LogP contribution >= 0.6 is 0 Å². The number of hydrogen-bond donors (Lipinski definition) is 0. The van der Waals surface area contributed by atoms with Crippen molar-refractivity contribution in [2.75, 3.05) is 6.61 Å². The monoisotopic (exact) mass is 410 g/mol. The van der Waals surface area contributed by atoms with Crippen LogP contribution in [0, 0.1) is 30.3 Å². The predicted molar refractivity (Wildman–Crippen MR) is 113 cm³/mol. The van der Waals surface area contributed by atoms with Gasteiger partial charge >= 0.3 is 0 Å². The first-order valence-corrected chi connectivity index (χ1v) is 10.4. The SMILES string of the molecule is Cc1ccc(OCC2CCC(c3ccc(-c4ccccc4)c(F)c3F)CC2)cc1F. The van der Waals surface area contributed by atoms with E-state index in [2.05, 4.69) is 0 Å². The van der Waals surface area contributed by atoms with E-state index in [-0.39, 0.29) is 11.7 Å². The van der Waals surface area contributed by atoms with Gasteiger partial charge in [-0.1, -0.05) is 48.5 Å². The van der Waals surface area contributed by atoms with E-state index in [1.165, 1.54) is 6.07 Å². The van der Waals surface area contributed by atoms with Crippen molar-refractivity contribution in [2.24, 2.45) is 5.92 Å². The lowest BCUT2D eigenvalue weighted by Gasteiger charge is -2.29. The molecule has 156 valence electrons. The Morgan fingerprint density at radius 2 is 1.57 bits per heavy atom. The summed E-state index contributed by atoms with van der Waals surface area (Å²) in [6, 6.07) is 17.3. The fourth-order valence-electron chi connectivity index (χ4n) is 4.24. The van der Waals surface area contributed by atoms with E-state index in [1.807, 2.05) is 18.2 Å². The molecule has 1 nitrogen and oxygen atoms in total. The molecule has 1 aliphatic rings. The second-order valence-corrected chi connectivity index (χ2v) is 8.14. The number of aryl methyl sites for hydroxylation is 1. The Kier molecular flexibility index (Phi) is 6.12. The van der Waals surface area contributed by atoms with E-state index in [0.29, 0.717) is 40.5 Å². The molecule has 0 bridgehead atoms. The van der Waals surface area contributed by atoms with E-state index in [1.54, 1.807) is 43.3 Å². The van der Waals surface area contributed by atoms with Crippen LogP contribution < -0.4 is 4.74 Å². The summed E-state index contributed by atoms with van der Waals surface area (Å²) in [6.07, 6.45) is 3.33. The molecule has 0 N–H and O–H groups in total. The molecular weight excluding hydrogens is 385 g/mol. The molecule has 3 aromatic rings. The van der Waals surface area contributed by atoms with Crippen molar-refractivity contribution in [1.29, 1.82) is 0 Å². The highest BCUT2D eigenvalue weighted by atomic mass is 19.2. The minimum atomic E-state index is -0.773. The quantitative estimate of drug-likeness (QED) is 0.425. The molecule has 1 aliphatic carbocycles. The van der Waals surface area contributed by atoms with Crippen molar-refractivity contribution in [3.63, 3.8) is 0 Å². The lowest BCUT2D eigenvalue weighted by molar-refractivity contribution is 0.198. The Hall–Kier alpha value is -2.75. The molecule has 4 heteroatoms. The van der Waals surface area contributed by atoms with Crippen molar-refractivity contribution in [3.05, 3.63) is 89.2 Å². The van der Waals surface area contributed by atoms with E-state index in [4.69, 9.17) is 4.74 Å². The lowest BCUT2D eigenvalue weighted by atomic mass is 9.78. The Bertz CT molecular complexity index is 1010. The fraction of sp³-hybridized carbons (Fsp3) is 0.308. The smallest absolute Gasteiger partial charge is 0.166 e. The second kappa shape index (κ2) is 8.95. The van der Waals surface area contributed by atoms with Crippen LogP contribution in [0.2, 0.25) is 0 Å². The highest BCUT2D eigenvalue weighted by molar-refractivity contribution is 5.64. The zero-order valence-electron chi connectivity index (χ0n) is 17.0. The number of benzene rings is 3. The molecule has 0 heterocycles. The van der Waals surface area contributed by atoms with Gasteiger partial charge in [0, 0.05) is 11.6 Å². The summed E-state index contributed by atoms with van der Waals surface area (Å²) in [5.41, 5.74) is 2.03. The highest BCUT2D eigenvalue weighted by Crippen LogP contribution is 2.39. The zero-order chi connectivity index (χ0) is 21.1. The molecule has 0 atom stereocenters. The minimum absolute atomic E-state index is 0.0115. The van der Waals surface area contributed by atoms with Crippen LogP contribution in [-0.4, -0.2) is 6.61 Å². The van der Waals surface area contributed by atoms with Crippen LogP contribution in [0.4, 0.5) is 13.2 Å². The second-order valence-electron chi connectivity index (χ2n) is 8.14. The third-order valence-electron chi connectivity index (χ3n) is 6.11. The molecule has 3 aromatic carbocycles. The molecule has 0 aliphatic heterocycles. The molecular formula is C26H25F3O. The average molecular weight is 410 g/mol. The van der Waals surface area contributed by atoms with Crippen molar-refractivity contribution in [1.82, 2.24) is 0 Å². The molecule has 4 rings (SSSR count). The van der Waals surface area contributed by atoms with Crippen molar-refractivity contribution in [2.45, 2.75) is 38.5 Å². The summed E-state index contributed by atoms with van der Waals surface area (Å²) in [7, 11) is 0. The molecule has 0 amide bonds. The van der Waals surface area contributed by atoms with Crippen LogP contribution in [0.3, 0.4) is 0 Å². The van der Waals surface area contributed by atoms with Gasteiger partial charge in [0.2, 0.25) is 0 Å². The Morgan fingerprint density at radius 3 is 2.27 bits per heavy atom. The van der Waals surface area contributed by atoms with Gasteiger partial charge in [0.1, 0.15) is 11.6 Å². The van der Waals surface area contributed by atoms with E-state index in [9.17, 15) is 13.2 Å². The fourth-order valence-corrected chi connectivity index (χ4v) is 4.24. The first-order chi connectivity index (χ1) is 14.5. The van der Waals surface area contributed by atoms with E-state index >= 15 is 0 Å². The summed E-state index contributed by atoms with van der Waals surface area (Å²) in [4.78, 5) is 0. The summed E-state index contributed by atoms with van der Waals surface area (Å²) in [5, 5.41) is 0. The summed E-state index contributed by atoms with van der Waals surface area (Å²) < 4.78 is 49.0. The Morgan fingerprint density at radius 1 is 0.833 bits per heavy atom. The zero-order valence-corrected chi connectivity index (χ0v) is 17.0. The predicted octanol–water partition coefficient (Wildman–Crippen LogP) is 7.43. The molecule has 1 fully saturated rings. The van der Waals surface area contributed by atoms with Crippen molar-refractivity contribution in [3.8, 4) is 16.9 Å². The third-order valence-corrected chi connectivity index (χ3v) is 6.11. The maximum Gasteiger partial charge on any atom is 0.166 e. The van der Waals surface area contributed by atoms with Gasteiger partial charge in [-0.25, -0.2) is 13.2 Å². The largest absolute Gasteiger partial charge is 0.493 e. The molecule has 1 saturated carbocycles. The van der Waals surface area contributed by atoms with Crippen molar-refractivity contribution < 1.29 is 17.9 Å². The van der Waals surface area contributed by atoms with Gasteiger partial charge < -0.3 is 4.74 Å². The van der Waals surface area contributed by atoms with Crippen LogP contribution in [-0.2, 0) is 0 Å². The highest BCUT2D eigenvalue weighted by Gasteiger charge is 2.27. The van der Waals surface area contributed by atoms with Gasteiger partial charge in [-0.15, -0.1) is 0 Å². The van der Waals surface area contributed by atoms with Crippen molar-refractivity contribution >= 4 is 0 Å². The van der Waals surface area contributed by atoms with Crippen LogP contribution in [0.1, 0.15) is 42.7 Å². The number of halogens is 3. The van der Waals surface area contributed by atoms with Gasteiger partial charge in [-0.05, 0) is 67.2 Å². The minimum Gasteiger partial charge on any atom is -0.493 e. The Balaban J connectivity index is 1.38. The number of ether oxygens (including phenoxy) is 1. The first-order valence-electron chi connectivity index (χ1n) is 10.4. The van der Waals surface area contributed by atoms with Crippen LogP contribution in [0.25, 0.3) is 11.1 Å². The van der Waals surface area contributed by atoms with Gasteiger partial charge in [0.25, 0.3) is 0 Å². The molecule has 30 heavy (non-hydrogen) atoms. The van der Waals surface area contributed by atoms with Gasteiger partial charge in [0.05, 0.1) is 6.61 Å². The maximum atomic E-state index is 14.8. The summed E-state index contributed by atoms with van der Waals surface area (Å²) in [6.45, 7) is 2.23. The van der Waals surface area contributed by atoms with Gasteiger partial charge in [-0.3, -0.25) is 0 Å². The molecule has 0 saturated heterocycles. The normalized spacial score (nSPS) is 18.9. The molecule has 0 aromatic heterocycles. The standard InChI is InChI=1S/C26H25F3O/c1-17-7-12-21(15-24(17)27)30-16-18-8-10-20(11-9-18)23-14-13-22(25(28)26(23)29)19-5-3-2-4-6-19/h2-7,12-15,18,20H,8-11,16H2,1H3. The van der Waals surface area contributed by atoms with Gasteiger partial charge in [0.15, 0.2) is 11.6 Å². The van der Waals surface area contributed by atoms with Crippen LogP contribution in [0.15, 0.2) is 60.7 Å². The first kappa shape index (κ1) is 20.5. The molecule has 0 radical (unpaired) electrons. The lowest BCUT2D eigenvalue weighted by Crippen LogP contribution is -2.20.